The average Bonchev–Trinajstić information content (AvgIpc) is 3.33. The number of aromatic hydroxyl groups is 1. The molecule has 9 heteroatoms. The largest absolute Gasteiger partial charge is 0.497 e. The molecule has 0 saturated carbocycles. The van der Waals surface area contributed by atoms with Gasteiger partial charge >= 0.3 is 0 Å². The lowest BCUT2D eigenvalue weighted by Crippen LogP contribution is -2.47. The molecule has 0 aliphatic carbocycles. The van der Waals surface area contributed by atoms with E-state index in [1.807, 2.05) is 12.1 Å². The van der Waals surface area contributed by atoms with Crippen LogP contribution in [-0.2, 0) is 0 Å². The van der Waals surface area contributed by atoms with Crippen LogP contribution < -0.4 is 9.64 Å². The van der Waals surface area contributed by atoms with Gasteiger partial charge in [0.25, 0.3) is 0 Å². The van der Waals surface area contributed by atoms with Crippen LogP contribution in [0.25, 0.3) is 4.96 Å². The van der Waals surface area contributed by atoms with E-state index in [0.717, 1.165) is 48.1 Å². The summed E-state index contributed by atoms with van der Waals surface area (Å²) < 4.78 is 20.4. The van der Waals surface area contributed by atoms with Crippen LogP contribution in [0.3, 0.4) is 0 Å². The fourth-order valence-electron chi connectivity index (χ4n) is 4.23. The molecule has 0 bridgehead atoms. The van der Waals surface area contributed by atoms with Crippen LogP contribution in [0.2, 0.25) is 0 Å². The molecule has 32 heavy (non-hydrogen) atoms. The van der Waals surface area contributed by atoms with Gasteiger partial charge in [0, 0.05) is 31.9 Å². The normalized spacial score (nSPS) is 15.9. The highest BCUT2D eigenvalue weighted by Crippen LogP contribution is 2.40. The van der Waals surface area contributed by atoms with Crippen molar-refractivity contribution in [2.24, 2.45) is 0 Å². The van der Waals surface area contributed by atoms with E-state index in [1.165, 1.54) is 28.0 Å². The number of hydrogen-bond donors (Lipinski definition) is 1. The van der Waals surface area contributed by atoms with Crippen molar-refractivity contribution in [3.63, 3.8) is 0 Å². The van der Waals surface area contributed by atoms with Gasteiger partial charge in [-0.15, -0.1) is 5.10 Å². The summed E-state index contributed by atoms with van der Waals surface area (Å²) in [6.07, 6.45) is 0. The fraction of sp³-hybridized carbons (Fsp3) is 0.304. The molecule has 0 spiro atoms. The van der Waals surface area contributed by atoms with Gasteiger partial charge in [-0.1, -0.05) is 23.5 Å². The monoisotopic (exact) mass is 453 g/mol. The fourth-order valence-corrected chi connectivity index (χ4v) is 5.39. The van der Waals surface area contributed by atoms with E-state index < -0.39 is 0 Å². The first-order valence-electron chi connectivity index (χ1n) is 10.5. The summed E-state index contributed by atoms with van der Waals surface area (Å²) >= 11 is 1.42. The van der Waals surface area contributed by atoms with Gasteiger partial charge in [0.05, 0.1) is 18.0 Å². The Kier molecular flexibility index (Phi) is 5.44. The quantitative estimate of drug-likeness (QED) is 0.495. The zero-order valence-corrected chi connectivity index (χ0v) is 18.7. The number of anilines is 1. The second kappa shape index (κ2) is 8.40. The number of piperazine rings is 1. The summed E-state index contributed by atoms with van der Waals surface area (Å²) in [6.45, 7) is 5.06. The van der Waals surface area contributed by atoms with Crippen LogP contribution in [-0.4, -0.2) is 57.9 Å². The Morgan fingerprint density at radius 3 is 2.34 bits per heavy atom. The second-order valence-electron chi connectivity index (χ2n) is 7.82. The number of benzene rings is 2. The Balaban J connectivity index is 1.44. The number of thiazole rings is 1. The molecule has 1 aliphatic heterocycles. The zero-order valence-electron chi connectivity index (χ0n) is 17.9. The highest BCUT2D eigenvalue weighted by molar-refractivity contribution is 7.17. The predicted octanol–water partition coefficient (Wildman–Crippen LogP) is 3.86. The highest BCUT2D eigenvalue weighted by Gasteiger charge is 2.31. The molecule has 1 atom stereocenters. The van der Waals surface area contributed by atoms with Crippen LogP contribution in [0, 0.1) is 12.7 Å². The number of aryl methyl sites for hydroxylation is 1. The molecule has 3 heterocycles. The Morgan fingerprint density at radius 1 is 1.03 bits per heavy atom. The van der Waals surface area contributed by atoms with Crippen LogP contribution >= 0.6 is 11.3 Å². The lowest BCUT2D eigenvalue weighted by molar-refractivity contribution is 0.211. The van der Waals surface area contributed by atoms with E-state index in [1.54, 1.807) is 26.2 Å². The Morgan fingerprint density at radius 2 is 1.72 bits per heavy atom. The minimum atomic E-state index is -0.278. The van der Waals surface area contributed by atoms with Gasteiger partial charge in [0.1, 0.15) is 17.4 Å². The van der Waals surface area contributed by atoms with E-state index >= 15 is 0 Å². The SMILES string of the molecule is COc1ccc(N2CCN(C(c3ccc(F)cc3)c3sc4nc(C)nn4c3O)CC2)cc1. The maximum atomic E-state index is 13.6. The maximum Gasteiger partial charge on any atom is 0.230 e. The number of rotatable bonds is 5. The van der Waals surface area contributed by atoms with Crippen LogP contribution in [0.4, 0.5) is 10.1 Å². The molecular formula is C23H24FN5O2S. The lowest BCUT2D eigenvalue weighted by atomic mass is 10.0. The van der Waals surface area contributed by atoms with Gasteiger partial charge < -0.3 is 14.7 Å². The van der Waals surface area contributed by atoms with Crippen LogP contribution in [0.15, 0.2) is 48.5 Å². The third-order valence-corrected chi connectivity index (χ3v) is 6.93. The van der Waals surface area contributed by atoms with E-state index in [4.69, 9.17) is 4.74 Å². The van der Waals surface area contributed by atoms with Crippen molar-refractivity contribution in [3.8, 4) is 11.6 Å². The van der Waals surface area contributed by atoms with E-state index in [2.05, 4.69) is 32.0 Å². The molecule has 4 aromatic rings. The van der Waals surface area contributed by atoms with Gasteiger partial charge in [-0.2, -0.15) is 4.52 Å². The molecule has 5 rings (SSSR count). The smallest absolute Gasteiger partial charge is 0.230 e. The Bertz CT molecular complexity index is 1210. The first-order chi connectivity index (χ1) is 15.5. The number of halogens is 1. The minimum absolute atomic E-state index is 0.0949. The first kappa shape index (κ1) is 20.7. The molecule has 1 fully saturated rings. The van der Waals surface area contributed by atoms with Gasteiger partial charge in [-0.25, -0.2) is 9.37 Å². The molecule has 1 unspecified atom stereocenters. The molecule has 1 saturated heterocycles. The summed E-state index contributed by atoms with van der Waals surface area (Å²) in [4.78, 5) is 10.5. The number of aromatic nitrogens is 3. The Labute approximate surface area is 189 Å². The van der Waals surface area contributed by atoms with E-state index in [9.17, 15) is 9.50 Å². The molecule has 7 nitrogen and oxygen atoms in total. The van der Waals surface area contributed by atoms with Gasteiger partial charge in [-0.05, 0) is 48.9 Å². The summed E-state index contributed by atoms with van der Waals surface area (Å²) in [5, 5.41) is 15.3. The van der Waals surface area contributed by atoms with E-state index in [0.29, 0.717) is 10.8 Å². The maximum absolute atomic E-state index is 13.6. The van der Waals surface area contributed by atoms with Crippen LogP contribution in [0.5, 0.6) is 11.6 Å². The van der Waals surface area contributed by atoms with Crippen molar-refractivity contribution >= 4 is 22.0 Å². The number of fused-ring (bicyclic) bond motifs is 1. The summed E-state index contributed by atoms with van der Waals surface area (Å²) in [5.74, 6) is 1.27. The molecule has 166 valence electrons. The number of ether oxygens (including phenoxy) is 1. The van der Waals surface area contributed by atoms with Crippen molar-refractivity contribution in [1.29, 1.82) is 0 Å². The Hall–Kier alpha value is -3.17. The van der Waals surface area contributed by atoms with Crippen molar-refractivity contribution in [2.75, 3.05) is 38.2 Å². The molecule has 1 aliphatic rings. The molecule has 2 aromatic heterocycles. The van der Waals surface area contributed by atoms with Crippen molar-refractivity contribution in [1.82, 2.24) is 19.5 Å². The number of hydrogen-bond acceptors (Lipinski definition) is 7. The first-order valence-corrected chi connectivity index (χ1v) is 11.3. The topological polar surface area (TPSA) is 66.1 Å². The van der Waals surface area contributed by atoms with Gasteiger partial charge in [0.2, 0.25) is 10.8 Å². The van der Waals surface area contributed by atoms with Gasteiger partial charge in [0.15, 0.2) is 0 Å². The third kappa shape index (κ3) is 3.78. The average molecular weight is 454 g/mol. The number of nitrogens with zero attached hydrogens (tertiary/aromatic N) is 5. The summed E-state index contributed by atoms with van der Waals surface area (Å²) in [7, 11) is 1.66. The van der Waals surface area contributed by atoms with Crippen molar-refractivity contribution < 1.29 is 14.2 Å². The molecule has 1 N–H and O–H groups in total. The minimum Gasteiger partial charge on any atom is -0.497 e. The zero-order chi connectivity index (χ0) is 22.2. The number of methoxy groups -OCH3 is 1. The second-order valence-corrected chi connectivity index (χ2v) is 8.83. The predicted molar refractivity (Wildman–Crippen MR) is 122 cm³/mol. The molecule has 0 amide bonds. The third-order valence-electron chi connectivity index (χ3n) is 5.86. The highest BCUT2D eigenvalue weighted by atomic mass is 32.1. The molecule has 0 radical (unpaired) electrons. The standard InChI is InChI=1S/C23H24FN5O2S/c1-15-25-23-29(26-15)22(30)21(32-23)20(16-3-5-17(24)6-4-16)28-13-11-27(12-14-28)18-7-9-19(31-2)10-8-18/h3-10,20,30H,11-14H2,1-2H3. The summed E-state index contributed by atoms with van der Waals surface area (Å²) in [6, 6.07) is 14.4. The van der Waals surface area contributed by atoms with Crippen molar-refractivity contribution in [3.05, 3.63) is 70.6 Å². The van der Waals surface area contributed by atoms with Gasteiger partial charge in [-0.3, -0.25) is 4.90 Å². The summed E-state index contributed by atoms with van der Waals surface area (Å²) in [5.41, 5.74) is 2.08. The van der Waals surface area contributed by atoms with Crippen molar-refractivity contribution in [2.45, 2.75) is 13.0 Å². The van der Waals surface area contributed by atoms with Crippen LogP contribution in [0.1, 0.15) is 22.3 Å². The molecule has 2 aromatic carbocycles. The molecular weight excluding hydrogens is 429 g/mol. The van der Waals surface area contributed by atoms with E-state index in [-0.39, 0.29) is 17.7 Å². The lowest BCUT2D eigenvalue weighted by Gasteiger charge is -2.40.